The molecular weight excluding hydrogens is 196 g/mol. The van der Waals surface area contributed by atoms with Crippen molar-refractivity contribution in [3.63, 3.8) is 0 Å². The predicted octanol–water partition coefficient (Wildman–Crippen LogP) is 4.45. The molecule has 1 aliphatic carbocycles. The molecule has 1 saturated carbocycles. The van der Waals surface area contributed by atoms with Crippen LogP contribution in [-0.4, -0.2) is 10.2 Å². The van der Waals surface area contributed by atoms with Crippen LogP contribution in [0.1, 0.15) is 59.8 Å². The lowest BCUT2D eigenvalue weighted by atomic mass is 9.70. The molecule has 0 aromatic heterocycles. The molecular formula is C14H27Si. The molecule has 0 saturated heterocycles. The predicted molar refractivity (Wildman–Crippen MR) is 69.2 cm³/mol. The Bertz CT molecular complexity index is 160. The van der Waals surface area contributed by atoms with Crippen LogP contribution in [0.4, 0.5) is 0 Å². The highest BCUT2D eigenvalue weighted by molar-refractivity contribution is 6.12. The number of hydrogen-bond acceptors (Lipinski definition) is 0. The van der Waals surface area contributed by atoms with Gasteiger partial charge in [0.2, 0.25) is 0 Å². The van der Waals surface area contributed by atoms with E-state index >= 15 is 0 Å². The van der Waals surface area contributed by atoms with Crippen LogP contribution < -0.4 is 0 Å². The smallest absolute Gasteiger partial charge is 0.0274 e. The van der Waals surface area contributed by atoms with E-state index in [-0.39, 0.29) is 0 Å². The zero-order valence-electron chi connectivity index (χ0n) is 10.9. The van der Waals surface area contributed by atoms with Crippen molar-refractivity contribution in [2.75, 3.05) is 0 Å². The van der Waals surface area contributed by atoms with E-state index in [1.54, 1.807) is 0 Å². The van der Waals surface area contributed by atoms with Gasteiger partial charge in [-0.25, -0.2) is 0 Å². The molecule has 0 nitrogen and oxygen atoms in total. The molecule has 4 atom stereocenters. The van der Waals surface area contributed by atoms with E-state index in [1.807, 2.05) is 0 Å². The second-order valence-corrected chi connectivity index (χ2v) is 6.22. The van der Waals surface area contributed by atoms with Gasteiger partial charge in [-0.1, -0.05) is 59.8 Å². The highest BCUT2D eigenvalue weighted by Gasteiger charge is 2.34. The summed E-state index contributed by atoms with van der Waals surface area (Å²) in [6, 6.07) is 0. The highest BCUT2D eigenvalue weighted by atomic mass is 28.1. The second-order valence-electron chi connectivity index (χ2n) is 5.56. The van der Waals surface area contributed by atoms with Crippen LogP contribution in [0.3, 0.4) is 0 Å². The lowest BCUT2D eigenvalue weighted by Gasteiger charge is -2.41. The van der Waals surface area contributed by atoms with Gasteiger partial charge in [0.15, 0.2) is 0 Å². The summed E-state index contributed by atoms with van der Waals surface area (Å²) in [5, 5.41) is 0. The fourth-order valence-corrected chi connectivity index (χ4v) is 4.14. The molecule has 87 valence electrons. The maximum atomic E-state index is 4.06. The van der Waals surface area contributed by atoms with Crippen LogP contribution in [0.15, 0.2) is 0 Å². The maximum Gasteiger partial charge on any atom is 0.0274 e. The van der Waals surface area contributed by atoms with Gasteiger partial charge >= 0.3 is 0 Å². The van der Waals surface area contributed by atoms with E-state index in [0.29, 0.717) is 0 Å². The van der Waals surface area contributed by atoms with E-state index in [9.17, 15) is 0 Å². The van der Waals surface area contributed by atoms with Crippen molar-refractivity contribution in [2.45, 2.75) is 65.3 Å². The molecule has 0 heterocycles. The van der Waals surface area contributed by atoms with Crippen molar-refractivity contribution in [2.24, 2.45) is 23.7 Å². The second kappa shape index (κ2) is 6.08. The van der Waals surface area contributed by atoms with Crippen LogP contribution in [0.5, 0.6) is 0 Å². The van der Waals surface area contributed by atoms with Crippen molar-refractivity contribution < 1.29 is 0 Å². The van der Waals surface area contributed by atoms with Crippen molar-refractivity contribution >= 4 is 10.2 Å². The number of rotatable bonds is 4. The number of hydrogen-bond donors (Lipinski definition) is 0. The molecule has 0 aromatic carbocycles. The minimum atomic E-state index is 0.767. The van der Waals surface area contributed by atoms with Gasteiger partial charge in [-0.15, -0.1) is 0 Å². The summed E-state index contributed by atoms with van der Waals surface area (Å²) in [7, 11) is 4.06. The van der Waals surface area contributed by atoms with Gasteiger partial charge in [0.05, 0.1) is 0 Å². The van der Waals surface area contributed by atoms with E-state index in [0.717, 1.165) is 29.2 Å². The summed E-state index contributed by atoms with van der Waals surface area (Å²) in [6.45, 7) is 9.51. The molecule has 1 heteroatoms. The van der Waals surface area contributed by atoms with Crippen molar-refractivity contribution in [3.8, 4) is 0 Å². The first-order valence-corrected chi connectivity index (χ1v) is 7.40. The summed E-state index contributed by atoms with van der Waals surface area (Å²) < 4.78 is 0. The molecule has 0 N–H and O–H groups in total. The van der Waals surface area contributed by atoms with E-state index in [2.05, 4.69) is 37.9 Å². The average molecular weight is 223 g/mol. The van der Waals surface area contributed by atoms with Gasteiger partial charge in [0.1, 0.15) is 0 Å². The van der Waals surface area contributed by atoms with E-state index in [1.165, 1.54) is 32.1 Å². The molecule has 4 unspecified atom stereocenters. The van der Waals surface area contributed by atoms with E-state index < -0.39 is 0 Å². The lowest BCUT2D eigenvalue weighted by Crippen LogP contribution is -2.31. The Balaban J connectivity index is 2.62. The summed E-state index contributed by atoms with van der Waals surface area (Å²) in [4.78, 5) is 0. The summed E-state index contributed by atoms with van der Waals surface area (Å²) >= 11 is 0. The molecule has 15 heavy (non-hydrogen) atoms. The van der Waals surface area contributed by atoms with Crippen LogP contribution in [0.25, 0.3) is 0 Å². The Morgan fingerprint density at radius 3 is 1.73 bits per heavy atom. The fraction of sp³-hybridized carbons (Fsp3) is 1.00. The molecule has 3 radical (unpaired) electrons. The normalized spacial score (nSPS) is 36.2. The molecule has 1 fully saturated rings. The Hall–Kier alpha value is 0.217. The van der Waals surface area contributed by atoms with Gasteiger partial charge in [-0.2, -0.15) is 0 Å². The average Bonchev–Trinajstić information content (AvgIpc) is 2.27. The highest BCUT2D eigenvalue weighted by Crippen LogP contribution is 2.45. The quantitative estimate of drug-likeness (QED) is 0.618. The molecule has 0 amide bonds. The van der Waals surface area contributed by atoms with Gasteiger partial charge < -0.3 is 0 Å². The summed E-state index contributed by atoms with van der Waals surface area (Å²) in [6.07, 6.45) is 6.99. The van der Waals surface area contributed by atoms with Crippen LogP contribution in [0, 0.1) is 23.7 Å². The molecule has 0 spiro atoms. The first kappa shape index (κ1) is 13.3. The maximum absolute atomic E-state index is 4.06. The Morgan fingerprint density at radius 2 is 1.40 bits per heavy atom. The largest absolute Gasteiger partial charge is 0.0651 e. The minimum Gasteiger partial charge on any atom is -0.0651 e. The standard InChI is InChI=1S/C14H27Si/c1-5-10(3)12-8-7-9-13(14(12)15)11(4)6-2/h10-14H,5-9H2,1-4H3. The Kier molecular flexibility index (Phi) is 5.38. The Labute approximate surface area is 99.6 Å². The van der Waals surface area contributed by atoms with Gasteiger partial charge in [0.25, 0.3) is 0 Å². The van der Waals surface area contributed by atoms with Crippen LogP contribution in [0.2, 0.25) is 5.54 Å². The monoisotopic (exact) mass is 223 g/mol. The fourth-order valence-electron chi connectivity index (χ4n) is 3.15. The third kappa shape index (κ3) is 3.09. The van der Waals surface area contributed by atoms with Gasteiger partial charge in [-0.3, -0.25) is 0 Å². The van der Waals surface area contributed by atoms with Gasteiger partial charge in [-0.05, 0) is 29.2 Å². The van der Waals surface area contributed by atoms with Crippen molar-refractivity contribution in [1.29, 1.82) is 0 Å². The summed E-state index contributed by atoms with van der Waals surface area (Å²) in [5.74, 6) is 3.61. The third-order valence-electron chi connectivity index (χ3n) is 4.75. The zero-order chi connectivity index (χ0) is 11.4. The first-order chi connectivity index (χ1) is 7.11. The molecule has 1 aliphatic rings. The molecule has 0 bridgehead atoms. The Morgan fingerprint density at radius 1 is 1.00 bits per heavy atom. The van der Waals surface area contributed by atoms with Gasteiger partial charge in [0, 0.05) is 10.2 Å². The SMILES string of the molecule is CCC(C)C1CCCC(C(C)CC)C1[Si]. The lowest BCUT2D eigenvalue weighted by molar-refractivity contribution is 0.160. The zero-order valence-corrected chi connectivity index (χ0v) is 11.9. The van der Waals surface area contributed by atoms with Crippen LogP contribution >= 0.6 is 0 Å². The third-order valence-corrected chi connectivity index (χ3v) is 5.60. The van der Waals surface area contributed by atoms with Crippen molar-refractivity contribution in [3.05, 3.63) is 0 Å². The summed E-state index contributed by atoms with van der Waals surface area (Å²) in [5.41, 5.74) is 0.767. The molecule has 1 rings (SSSR count). The molecule has 0 aromatic rings. The van der Waals surface area contributed by atoms with E-state index in [4.69, 9.17) is 0 Å². The van der Waals surface area contributed by atoms with Crippen LogP contribution in [-0.2, 0) is 0 Å². The molecule has 0 aliphatic heterocycles. The first-order valence-electron chi connectivity index (χ1n) is 6.82. The topological polar surface area (TPSA) is 0 Å². The van der Waals surface area contributed by atoms with Crippen molar-refractivity contribution in [1.82, 2.24) is 0 Å². The minimum absolute atomic E-state index is 0.767.